The average Bonchev–Trinajstić information content (AvgIpc) is 2.17. The summed E-state index contributed by atoms with van der Waals surface area (Å²) >= 11 is 11.1. The van der Waals surface area contributed by atoms with Gasteiger partial charge in [-0.2, -0.15) is 0 Å². The average molecular weight is 232 g/mol. The molecule has 14 heavy (non-hydrogen) atoms. The number of carbonyl (C=O) groups excluding carboxylic acids is 1. The van der Waals surface area contributed by atoms with E-state index in [4.69, 9.17) is 23.2 Å². The van der Waals surface area contributed by atoms with Crippen molar-refractivity contribution in [1.82, 2.24) is 5.32 Å². The lowest BCUT2D eigenvalue weighted by atomic mass is 10.1. The molecule has 0 atom stereocenters. The number of rotatable bonds is 4. The summed E-state index contributed by atoms with van der Waals surface area (Å²) in [7, 11) is 0. The SMILES string of the molecule is O=C(CCl)NCCc1cccc(Cl)c1. The Morgan fingerprint density at radius 1 is 1.43 bits per heavy atom. The number of carbonyl (C=O) groups is 1. The Labute approximate surface area is 93.2 Å². The maximum Gasteiger partial charge on any atom is 0.234 e. The molecule has 0 fully saturated rings. The predicted octanol–water partition coefficient (Wildman–Crippen LogP) is 2.24. The topological polar surface area (TPSA) is 29.1 Å². The van der Waals surface area contributed by atoms with E-state index in [2.05, 4.69) is 5.32 Å². The molecule has 4 heteroatoms. The maximum atomic E-state index is 10.8. The van der Waals surface area contributed by atoms with Crippen molar-refractivity contribution in [2.45, 2.75) is 6.42 Å². The van der Waals surface area contributed by atoms with Gasteiger partial charge in [0, 0.05) is 11.6 Å². The summed E-state index contributed by atoms with van der Waals surface area (Å²) in [5.41, 5.74) is 1.10. The fraction of sp³-hybridized carbons (Fsp3) is 0.300. The van der Waals surface area contributed by atoms with Crippen LogP contribution in [0.5, 0.6) is 0 Å². The third-order valence-electron chi connectivity index (χ3n) is 1.75. The third kappa shape index (κ3) is 3.99. The molecule has 0 saturated carbocycles. The van der Waals surface area contributed by atoms with Gasteiger partial charge in [0.25, 0.3) is 0 Å². The van der Waals surface area contributed by atoms with Crippen LogP contribution in [0.25, 0.3) is 0 Å². The van der Waals surface area contributed by atoms with Crippen molar-refractivity contribution in [3.8, 4) is 0 Å². The molecule has 0 heterocycles. The number of alkyl halides is 1. The van der Waals surface area contributed by atoms with Crippen LogP contribution in [0.3, 0.4) is 0 Å². The number of hydrogen-bond donors (Lipinski definition) is 1. The van der Waals surface area contributed by atoms with Gasteiger partial charge in [0.05, 0.1) is 0 Å². The van der Waals surface area contributed by atoms with Gasteiger partial charge in [0.15, 0.2) is 0 Å². The second kappa shape index (κ2) is 5.89. The van der Waals surface area contributed by atoms with Gasteiger partial charge >= 0.3 is 0 Å². The number of halogens is 2. The van der Waals surface area contributed by atoms with E-state index in [-0.39, 0.29) is 11.8 Å². The minimum Gasteiger partial charge on any atom is -0.355 e. The zero-order valence-electron chi connectivity index (χ0n) is 7.59. The Morgan fingerprint density at radius 3 is 2.86 bits per heavy atom. The molecule has 0 bridgehead atoms. The lowest BCUT2D eigenvalue weighted by Gasteiger charge is -2.03. The van der Waals surface area contributed by atoms with Crippen LogP contribution in [0.2, 0.25) is 5.02 Å². The molecule has 0 unspecified atom stereocenters. The first-order valence-corrected chi connectivity index (χ1v) is 5.20. The van der Waals surface area contributed by atoms with Gasteiger partial charge in [0.1, 0.15) is 5.88 Å². The molecular weight excluding hydrogens is 221 g/mol. The highest BCUT2D eigenvalue weighted by Gasteiger charge is 1.98. The zero-order chi connectivity index (χ0) is 10.4. The van der Waals surface area contributed by atoms with E-state index in [0.717, 1.165) is 12.0 Å². The molecule has 0 aromatic heterocycles. The third-order valence-corrected chi connectivity index (χ3v) is 2.22. The van der Waals surface area contributed by atoms with E-state index in [1.54, 1.807) is 0 Å². The quantitative estimate of drug-likeness (QED) is 0.792. The van der Waals surface area contributed by atoms with Crippen molar-refractivity contribution in [1.29, 1.82) is 0 Å². The molecule has 2 nitrogen and oxygen atoms in total. The Balaban J connectivity index is 2.35. The molecule has 0 radical (unpaired) electrons. The number of amides is 1. The van der Waals surface area contributed by atoms with Crippen LogP contribution >= 0.6 is 23.2 Å². The molecular formula is C10H11Cl2NO. The summed E-state index contributed by atoms with van der Waals surface area (Å²) in [5.74, 6) is -0.135. The molecule has 0 spiro atoms. The summed E-state index contributed by atoms with van der Waals surface area (Å²) in [4.78, 5) is 10.8. The highest BCUT2D eigenvalue weighted by molar-refractivity contribution is 6.30. The summed E-state index contributed by atoms with van der Waals surface area (Å²) < 4.78 is 0. The number of benzene rings is 1. The van der Waals surface area contributed by atoms with Gasteiger partial charge in [-0.15, -0.1) is 11.6 Å². The Kier molecular flexibility index (Phi) is 4.77. The minimum absolute atomic E-state index is 0.00947. The lowest BCUT2D eigenvalue weighted by Crippen LogP contribution is -2.26. The fourth-order valence-corrected chi connectivity index (χ4v) is 1.39. The van der Waals surface area contributed by atoms with Crippen LogP contribution in [-0.2, 0) is 11.2 Å². The normalized spacial score (nSPS) is 9.86. The maximum absolute atomic E-state index is 10.8. The first-order chi connectivity index (χ1) is 6.72. The molecule has 0 aliphatic heterocycles. The van der Waals surface area contributed by atoms with Crippen LogP contribution in [0.15, 0.2) is 24.3 Å². The molecule has 1 amide bonds. The Hall–Kier alpha value is -0.730. The number of nitrogens with one attached hydrogen (secondary N) is 1. The van der Waals surface area contributed by atoms with E-state index in [1.165, 1.54) is 0 Å². The molecule has 1 aromatic carbocycles. The Bertz CT molecular complexity index is 315. The van der Waals surface area contributed by atoms with Crippen molar-refractivity contribution in [3.63, 3.8) is 0 Å². The van der Waals surface area contributed by atoms with Crippen molar-refractivity contribution >= 4 is 29.1 Å². The second-order valence-electron chi connectivity index (χ2n) is 2.86. The van der Waals surface area contributed by atoms with E-state index >= 15 is 0 Å². The van der Waals surface area contributed by atoms with Crippen LogP contribution in [0.1, 0.15) is 5.56 Å². The predicted molar refractivity (Wildman–Crippen MR) is 58.9 cm³/mol. The lowest BCUT2D eigenvalue weighted by molar-refractivity contribution is -0.118. The molecule has 1 rings (SSSR count). The fourth-order valence-electron chi connectivity index (χ4n) is 1.09. The first-order valence-electron chi connectivity index (χ1n) is 4.29. The van der Waals surface area contributed by atoms with Gasteiger partial charge in [-0.25, -0.2) is 0 Å². The standard InChI is InChI=1S/C10H11Cl2NO/c11-7-10(14)13-5-4-8-2-1-3-9(12)6-8/h1-3,6H,4-5,7H2,(H,13,14). The van der Waals surface area contributed by atoms with Crippen LogP contribution in [0, 0.1) is 0 Å². The largest absolute Gasteiger partial charge is 0.355 e. The van der Waals surface area contributed by atoms with E-state index in [0.29, 0.717) is 11.6 Å². The zero-order valence-corrected chi connectivity index (χ0v) is 9.11. The summed E-state index contributed by atoms with van der Waals surface area (Å²) in [6.07, 6.45) is 0.767. The second-order valence-corrected chi connectivity index (χ2v) is 3.57. The highest BCUT2D eigenvalue weighted by Crippen LogP contribution is 2.10. The van der Waals surface area contributed by atoms with E-state index < -0.39 is 0 Å². The van der Waals surface area contributed by atoms with Crippen molar-refractivity contribution < 1.29 is 4.79 Å². The molecule has 76 valence electrons. The van der Waals surface area contributed by atoms with Crippen LogP contribution in [0.4, 0.5) is 0 Å². The summed E-state index contributed by atoms with van der Waals surface area (Å²) in [6.45, 7) is 0.589. The van der Waals surface area contributed by atoms with E-state index in [1.807, 2.05) is 24.3 Å². The summed E-state index contributed by atoms with van der Waals surface area (Å²) in [6, 6.07) is 7.57. The van der Waals surface area contributed by atoms with Gasteiger partial charge in [-0.3, -0.25) is 4.79 Å². The smallest absolute Gasteiger partial charge is 0.234 e. The van der Waals surface area contributed by atoms with Crippen molar-refractivity contribution in [2.24, 2.45) is 0 Å². The Morgan fingerprint density at radius 2 is 2.21 bits per heavy atom. The monoisotopic (exact) mass is 231 g/mol. The van der Waals surface area contributed by atoms with Crippen molar-refractivity contribution in [3.05, 3.63) is 34.9 Å². The van der Waals surface area contributed by atoms with Crippen molar-refractivity contribution in [2.75, 3.05) is 12.4 Å². The molecule has 0 saturated heterocycles. The molecule has 0 aliphatic rings. The highest BCUT2D eigenvalue weighted by atomic mass is 35.5. The summed E-state index contributed by atoms with van der Waals surface area (Å²) in [5, 5.41) is 3.40. The van der Waals surface area contributed by atoms with Crippen LogP contribution in [-0.4, -0.2) is 18.3 Å². The molecule has 1 aromatic rings. The molecule has 1 N–H and O–H groups in total. The minimum atomic E-state index is -0.145. The van der Waals surface area contributed by atoms with Gasteiger partial charge in [-0.1, -0.05) is 23.7 Å². The first kappa shape index (κ1) is 11.3. The number of hydrogen-bond acceptors (Lipinski definition) is 1. The van der Waals surface area contributed by atoms with Gasteiger partial charge in [-0.05, 0) is 24.1 Å². The van der Waals surface area contributed by atoms with Crippen LogP contribution < -0.4 is 5.32 Å². The molecule has 0 aliphatic carbocycles. The van der Waals surface area contributed by atoms with E-state index in [9.17, 15) is 4.79 Å². The van der Waals surface area contributed by atoms with Gasteiger partial charge < -0.3 is 5.32 Å². The van der Waals surface area contributed by atoms with Gasteiger partial charge in [0.2, 0.25) is 5.91 Å².